The van der Waals surface area contributed by atoms with E-state index in [4.69, 9.17) is 0 Å². The number of benzene rings is 2. The van der Waals surface area contributed by atoms with Gasteiger partial charge in [-0.25, -0.2) is 17.5 Å². The largest absolute Gasteiger partial charge is 0.545 e. The maximum absolute atomic E-state index is 13.7. The van der Waals surface area contributed by atoms with Crippen molar-refractivity contribution in [2.45, 2.75) is 24.7 Å². The Morgan fingerprint density at radius 1 is 1.12 bits per heavy atom. The number of nitrogens with one attached hydrogen (secondary N) is 1. The Morgan fingerprint density at radius 2 is 1.75 bits per heavy atom. The Labute approximate surface area is 140 Å². The zero-order valence-corrected chi connectivity index (χ0v) is 13.9. The monoisotopic (exact) mass is 350 g/mol. The van der Waals surface area contributed by atoms with Gasteiger partial charge in [0.2, 0.25) is 10.0 Å². The summed E-state index contributed by atoms with van der Waals surface area (Å²) in [7, 11) is -4.15. The molecule has 5 nitrogen and oxygen atoms in total. The number of sulfonamides is 1. The van der Waals surface area contributed by atoms with Crippen LogP contribution in [0.3, 0.4) is 0 Å². The molecule has 0 atom stereocenters. The van der Waals surface area contributed by atoms with Gasteiger partial charge in [-0.05, 0) is 41.7 Å². The third-order valence-corrected chi connectivity index (χ3v) is 5.07. The molecule has 1 N–H and O–H groups in total. The second kappa shape index (κ2) is 7.55. The van der Waals surface area contributed by atoms with Crippen molar-refractivity contribution in [3.63, 3.8) is 0 Å². The zero-order valence-electron chi connectivity index (χ0n) is 13.1. The lowest BCUT2D eigenvalue weighted by atomic mass is 10.1. The minimum Gasteiger partial charge on any atom is -0.545 e. The molecular weight excluding hydrogens is 333 g/mol. The van der Waals surface area contributed by atoms with Gasteiger partial charge in [0, 0.05) is 6.54 Å². The number of aromatic carboxylic acids is 1. The highest BCUT2D eigenvalue weighted by Crippen LogP contribution is 2.16. The van der Waals surface area contributed by atoms with Crippen LogP contribution in [0.5, 0.6) is 0 Å². The van der Waals surface area contributed by atoms with Gasteiger partial charge in [0.25, 0.3) is 0 Å². The van der Waals surface area contributed by atoms with Crippen molar-refractivity contribution in [2.75, 3.05) is 6.54 Å². The van der Waals surface area contributed by atoms with Crippen molar-refractivity contribution in [1.29, 1.82) is 0 Å². The van der Waals surface area contributed by atoms with Crippen LogP contribution >= 0.6 is 0 Å². The lowest BCUT2D eigenvalue weighted by Crippen LogP contribution is -2.28. The molecule has 128 valence electrons. The van der Waals surface area contributed by atoms with E-state index in [9.17, 15) is 22.7 Å². The fourth-order valence-corrected chi connectivity index (χ4v) is 3.32. The minimum absolute atomic E-state index is 0.0722. The van der Waals surface area contributed by atoms with E-state index >= 15 is 0 Å². The van der Waals surface area contributed by atoms with Gasteiger partial charge >= 0.3 is 0 Å². The molecule has 7 heteroatoms. The fourth-order valence-electron chi connectivity index (χ4n) is 2.19. The van der Waals surface area contributed by atoms with Gasteiger partial charge in [0.1, 0.15) is 10.7 Å². The standard InChI is InChI=1S/C17H18FNO4S/c1-2-12-3-5-13(6-4-12)9-10-19-24(22,23)16-11-14(17(20)21)7-8-15(16)18/h3-8,11,19H,2,9-10H2,1H3,(H,20,21)/p-1. The first-order chi connectivity index (χ1) is 11.3. The first kappa shape index (κ1) is 18.1. The third kappa shape index (κ3) is 4.39. The molecule has 24 heavy (non-hydrogen) atoms. The van der Waals surface area contributed by atoms with Crippen LogP contribution in [0.1, 0.15) is 28.4 Å². The van der Waals surface area contributed by atoms with Crippen molar-refractivity contribution >= 4 is 16.0 Å². The third-order valence-electron chi connectivity index (χ3n) is 3.59. The van der Waals surface area contributed by atoms with Crippen LogP contribution in [0.4, 0.5) is 4.39 Å². The van der Waals surface area contributed by atoms with E-state index in [2.05, 4.69) is 4.72 Å². The fraction of sp³-hybridized carbons (Fsp3) is 0.235. The molecule has 0 bridgehead atoms. The predicted molar refractivity (Wildman–Crippen MR) is 85.4 cm³/mol. The van der Waals surface area contributed by atoms with E-state index < -0.39 is 32.3 Å². The van der Waals surface area contributed by atoms with E-state index in [0.29, 0.717) is 6.42 Å². The van der Waals surface area contributed by atoms with Crippen LogP contribution in [-0.2, 0) is 22.9 Å². The van der Waals surface area contributed by atoms with Crippen molar-refractivity contribution in [2.24, 2.45) is 0 Å². The topological polar surface area (TPSA) is 86.3 Å². The van der Waals surface area contributed by atoms with Crippen molar-refractivity contribution in [1.82, 2.24) is 4.72 Å². The Balaban J connectivity index is 2.08. The molecule has 0 aromatic heterocycles. The SMILES string of the molecule is CCc1ccc(CCNS(=O)(=O)c2cc(C(=O)[O-])ccc2F)cc1. The van der Waals surface area contributed by atoms with Crippen molar-refractivity contribution < 1.29 is 22.7 Å². The van der Waals surface area contributed by atoms with Crippen LogP contribution < -0.4 is 9.83 Å². The number of hydrogen-bond donors (Lipinski definition) is 1. The average molecular weight is 350 g/mol. The Hall–Kier alpha value is -2.25. The van der Waals surface area contributed by atoms with Crippen LogP contribution in [-0.4, -0.2) is 20.9 Å². The summed E-state index contributed by atoms with van der Waals surface area (Å²) in [5.74, 6) is -2.58. The smallest absolute Gasteiger partial charge is 0.243 e. The molecule has 0 amide bonds. The van der Waals surface area contributed by atoms with Crippen LogP contribution in [0.15, 0.2) is 47.4 Å². The van der Waals surface area contributed by atoms with Crippen LogP contribution in [0, 0.1) is 5.82 Å². The van der Waals surface area contributed by atoms with Crippen LogP contribution in [0.2, 0.25) is 0 Å². The quantitative estimate of drug-likeness (QED) is 0.815. The molecule has 0 aliphatic carbocycles. The molecule has 0 aliphatic rings. The molecule has 0 saturated heterocycles. The lowest BCUT2D eigenvalue weighted by Gasteiger charge is -2.10. The molecule has 2 rings (SSSR count). The van der Waals surface area contributed by atoms with E-state index in [0.717, 1.165) is 30.2 Å². The van der Waals surface area contributed by atoms with Gasteiger partial charge in [-0.15, -0.1) is 0 Å². The zero-order chi connectivity index (χ0) is 17.7. The van der Waals surface area contributed by atoms with E-state index in [1.165, 1.54) is 5.56 Å². The molecule has 2 aromatic rings. The highest BCUT2D eigenvalue weighted by molar-refractivity contribution is 7.89. The van der Waals surface area contributed by atoms with Gasteiger partial charge in [-0.1, -0.05) is 37.3 Å². The lowest BCUT2D eigenvalue weighted by molar-refractivity contribution is -0.255. The summed E-state index contributed by atoms with van der Waals surface area (Å²) < 4.78 is 40.3. The van der Waals surface area contributed by atoms with E-state index in [-0.39, 0.29) is 6.54 Å². The van der Waals surface area contributed by atoms with Gasteiger partial charge in [-0.2, -0.15) is 0 Å². The number of hydrogen-bond acceptors (Lipinski definition) is 4. The van der Waals surface area contributed by atoms with Gasteiger partial charge in [-0.3, -0.25) is 0 Å². The minimum atomic E-state index is -4.15. The Bertz CT molecular complexity index is 832. The molecule has 0 fully saturated rings. The summed E-state index contributed by atoms with van der Waals surface area (Å²) in [6.45, 7) is 2.11. The molecule has 0 aliphatic heterocycles. The van der Waals surface area contributed by atoms with E-state index in [1.54, 1.807) is 0 Å². The number of rotatable bonds is 7. The summed E-state index contributed by atoms with van der Waals surface area (Å²) in [5, 5.41) is 10.8. The first-order valence-electron chi connectivity index (χ1n) is 7.42. The number of carboxylic acids is 1. The molecule has 0 heterocycles. The van der Waals surface area contributed by atoms with Gasteiger partial charge in [0.05, 0.1) is 5.97 Å². The van der Waals surface area contributed by atoms with Gasteiger partial charge in [0.15, 0.2) is 0 Å². The van der Waals surface area contributed by atoms with Crippen LogP contribution in [0.25, 0.3) is 0 Å². The highest BCUT2D eigenvalue weighted by Gasteiger charge is 2.19. The second-order valence-electron chi connectivity index (χ2n) is 5.25. The molecule has 0 radical (unpaired) electrons. The van der Waals surface area contributed by atoms with Gasteiger partial charge < -0.3 is 9.90 Å². The number of carbonyl (C=O) groups excluding carboxylic acids is 1. The summed E-state index contributed by atoms with van der Waals surface area (Å²) in [5.41, 5.74) is 1.73. The highest BCUT2D eigenvalue weighted by atomic mass is 32.2. The maximum Gasteiger partial charge on any atom is 0.243 e. The normalized spacial score (nSPS) is 11.4. The van der Waals surface area contributed by atoms with Crippen molar-refractivity contribution in [3.8, 4) is 0 Å². The summed E-state index contributed by atoms with van der Waals surface area (Å²) in [6.07, 6.45) is 1.35. The predicted octanol–water partition coefficient (Wildman–Crippen LogP) is 1.27. The van der Waals surface area contributed by atoms with Crippen molar-refractivity contribution in [3.05, 3.63) is 65.0 Å². The maximum atomic E-state index is 13.7. The summed E-state index contributed by atoms with van der Waals surface area (Å²) in [6, 6.07) is 10.2. The summed E-state index contributed by atoms with van der Waals surface area (Å²) in [4.78, 5) is 10.1. The molecule has 2 aromatic carbocycles. The number of carbonyl (C=O) groups is 1. The number of halogens is 1. The molecular formula is C17H17FNO4S-. The summed E-state index contributed by atoms with van der Waals surface area (Å²) >= 11 is 0. The molecule has 0 saturated carbocycles. The molecule has 0 spiro atoms. The molecule has 0 unspecified atom stereocenters. The second-order valence-corrected chi connectivity index (χ2v) is 6.99. The first-order valence-corrected chi connectivity index (χ1v) is 8.90. The number of aryl methyl sites for hydroxylation is 1. The Kier molecular flexibility index (Phi) is 5.69. The number of carboxylic acid groups (broad SMARTS) is 1. The Morgan fingerprint density at radius 3 is 2.33 bits per heavy atom. The average Bonchev–Trinajstić information content (AvgIpc) is 2.55. The van der Waals surface area contributed by atoms with E-state index in [1.807, 2.05) is 31.2 Å².